The van der Waals surface area contributed by atoms with Gasteiger partial charge >= 0.3 is 0 Å². The number of hydrogen-bond acceptors (Lipinski definition) is 5. The maximum absolute atomic E-state index is 13.1. The standard InChI is InChI=1S/C29H34N4O3/c1-4-36-26-10-6-9-24(18-26)28(34)30-25-12-11-21(2)27(19-25)31-29(35)23-8-5-7-22(17-23)20-33-15-13-32(3)14-16-33/h5-12,17-19H,4,13-16,20H2,1-3H3,(H,30,34)(H,31,35). The lowest BCUT2D eigenvalue weighted by Gasteiger charge is -2.32. The van der Waals surface area contributed by atoms with Gasteiger partial charge in [-0.05, 0) is 74.5 Å². The van der Waals surface area contributed by atoms with Gasteiger partial charge in [0.2, 0.25) is 0 Å². The molecule has 1 heterocycles. The Hall–Kier alpha value is -3.68. The van der Waals surface area contributed by atoms with Gasteiger partial charge in [0.15, 0.2) is 0 Å². The van der Waals surface area contributed by atoms with Crippen molar-refractivity contribution in [3.63, 3.8) is 0 Å². The van der Waals surface area contributed by atoms with Crippen LogP contribution in [0.4, 0.5) is 11.4 Å². The van der Waals surface area contributed by atoms with E-state index in [2.05, 4.69) is 33.5 Å². The highest BCUT2D eigenvalue weighted by molar-refractivity contribution is 6.07. The third-order valence-electron chi connectivity index (χ3n) is 6.34. The quantitative estimate of drug-likeness (QED) is 0.485. The number of ether oxygens (including phenoxy) is 1. The molecule has 0 saturated carbocycles. The van der Waals surface area contributed by atoms with Gasteiger partial charge in [-0.2, -0.15) is 0 Å². The predicted octanol–water partition coefficient (Wildman–Crippen LogP) is 4.65. The molecule has 0 spiro atoms. The number of benzene rings is 3. The van der Waals surface area contributed by atoms with E-state index < -0.39 is 0 Å². The van der Waals surface area contributed by atoms with E-state index in [4.69, 9.17) is 4.74 Å². The minimum Gasteiger partial charge on any atom is -0.494 e. The molecule has 0 bridgehead atoms. The van der Waals surface area contributed by atoms with Crippen molar-refractivity contribution in [3.8, 4) is 5.75 Å². The van der Waals surface area contributed by atoms with Crippen molar-refractivity contribution >= 4 is 23.2 Å². The molecule has 3 aromatic carbocycles. The summed E-state index contributed by atoms with van der Waals surface area (Å²) in [7, 11) is 2.14. The van der Waals surface area contributed by atoms with Crippen molar-refractivity contribution in [3.05, 3.63) is 89.0 Å². The number of likely N-dealkylation sites (N-methyl/N-ethyl adjacent to an activating group) is 1. The fourth-order valence-electron chi connectivity index (χ4n) is 4.20. The average molecular weight is 487 g/mol. The number of hydrogen-bond donors (Lipinski definition) is 2. The molecule has 2 N–H and O–H groups in total. The third kappa shape index (κ3) is 6.71. The van der Waals surface area contributed by atoms with E-state index in [1.54, 1.807) is 24.3 Å². The van der Waals surface area contributed by atoms with Crippen molar-refractivity contribution < 1.29 is 14.3 Å². The molecule has 0 unspecified atom stereocenters. The van der Waals surface area contributed by atoms with Gasteiger partial charge in [-0.1, -0.05) is 24.3 Å². The molecule has 4 rings (SSSR count). The number of nitrogens with one attached hydrogen (secondary N) is 2. The fraction of sp³-hybridized carbons (Fsp3) is 0.310. The van der Waals surface area contributed by atoms with E-state index >= 15 is 0 Å². The summed E-state index contributed by atoms with van der Waals surface area (Å²) in [6.07, 6.45) is 0. The van der Waals surface area contributed by atoms with Crippen LogP contribution in [0.15, 0.2) is 66.7 Å². The topological polar surface area (TPSA) is 73.9 Å². The summed E-state index contributed by atoms with van der Waals surface area (Å²) >= 11 is 0. The smallest absolute Gasteiger partial charge is 0.255 e. The highest BCUT2D eigenvalue weighted by Gasteiger charge is 2.15. The number of carbonyl (C=O) groups excluding carboxylic acids is 2. The second-order valence-corrected chi connectivity index (χ2v) is 9.18. The normalized spacial score (nSPS) is 14.3. The first-order valence-electron chi connectivity index (χ1n) is 12.4. The van der Waals surface area contributed by atoms with E-state index in [0.29, 0.717) is 34.9 Å². The molecule has 7 nitrogen and oxygen atoms in total. The Morgan fingerprint density at radius 2 is 1.56 bits per heavy atom. The molecule has 0 atom stereocenters. The van der Waals surface area contributed by atoms with Gasteiger partial charge in [0.25, 0.3) is 11.8 Å². The van der Waals surface area contributed by atoms with E-state index in [1.165, 1.54) is 0 Å². The van der Waals surface area contributed by atoms with E-state index in [0.717, 1.165) is 43.9 Å². The largest absolute Gasteiger partial charge is 0.494 e. The Bertz CT molecular complexity index is 1220. The molecule has 3 aromatic rings. The maximum Gasteiger partial charge on any atom is 0.255 e. The zero-order valence-electron chi connectivity index (χ0n) is 21.2. The van der Waals surface area contributed by atoms with Crippen molar-refractivity contribution in [1.29, 1.82) is 0 Å². The highest BCUT2D eigenvalue weighted by Crippen LogP contribution is 2.23. The number of nitrogens with zero attached hydrogens (tertiary/aromatic N) is 2. The number of amides is 2. The molecule has 1 aliphatic heterocycles. The molecule has 36 heavy (non-hydrogen) atoms. The molecule has 1 aliphatic rings. The zero-order chi connectivity index (χ0) is 25.5. The molecule has 0 aliphatic carbocycles. The second-order valence-electron chi connectivity index (χ2n) is 9.18. The Morgan fingerprint density at radius 3 is 2.31 bits per heavy atom. The third-order valence-corrected chi connectivity index (χ3v) is 6.34. The van der Waals surface area contributed by atoms with Crippen LogP contribution >= 0.6 is 0 Å². The van der Waals surface area contributed by atoms with Crippen molar-refractivity contribution in [2.24, 2.45) is 0 Å². The van der Waals surface area contributed by atoms with Crippen LogP contribution in [-0.4, -0.2) is 61.4 Å². The lowest BCUT2D eigenvalue weighted by atomic mass is 10.1. The van der Waals surface area contributed by atoms with Crippen molar-refractivity contribution in [1.82, 2.24) is 9.80 Å². The number of piperazine rings is 1. The molecular formula is C29H34N4O3. The minimum absolute atomic E-state index is 0.175. The van der Waals surface area contributed by atoms with Crippen molar-refractivity contribution in [2.45, 2.75) is 20.4 Å². The summed E-state index contributed by atoms with van der Waals surface area (Å²) in [6.45, 7) is 9.37. The summed E-state index contributed by atoms with van der Waals surface area (Å²) in [5.41, 5.74) is 4.41. The molecule has 0 aromatic heterocycles. The van der Waals surface area contributed by atoms with Gasteiger partial charge in [0, 0.05) is 55.2 Å². The van der Waals surface area contributed by atoms with Gasteiger partial charge in [-0.25, -0.2) is 0 Å². The average Bonchev–Trinajstić information content (AvgIpc) is 2.88. The molecular weight excluding hydrogens is 452 g/mol. The Morgan fingerprint density at radius 1 is 0.861 bits per heavy atom. The van der Waals surface area contributed by atoms with Crippen LogP contribution < -0.4 is 15.4 Å². The zero-order valence-corrected chi connectivity index (χ0v) is 21.2. The van der Waals surface area contributed by atoms with Gasteiger partial charge in [0.1, 0.15) is 5.75 Å². The van der Waals surface area contributed by atoms with Crippen LogP contribution in [0.3, 0.4) is 0 Å². The number of rotatable bonds is 8. The van der Waals surface area contributed by atoms with Crippen LogP contribution in [-0.2, 0) is 6.54 Å². The predicted molar refractivity (Wildman–Crippen MR) is 144 cm³/mol. The fourth-order valence-corrected chi connectivity index (χ4v) is 4.20. The monoisotopic (exact) mass is 486 g/mol. The Labute approximate surface area is 213 Å². The van der Waals surface area contributed by atoms with Gasteiger partial charge in [-0.15, -0.1) is 0 Å². The van der Waals surface area contributed by atoms with Crippen LogP contribution in [0.5, 0.6) is 5.75 Å². The molecule has 1 saturated heterocycles. The summed E-state index contributed by atoms with van der Waals surface area (Å²) in [5, 5.41) is 5.92. The summed E-state index contributed by atoms with van der Waals surface area (Å²) in [5.74, 6) is 0.234. The number of aryl methyl sites for hydroxylation is 1. The van der Waals surface area contributed by atoms with Crippen molar-refractivity contribution in [2.75, 3.05) is 50.5 Å². The molecule has 7 heteroatoms. The second kappa shape index (κ2) is 11.8. The van der Waals surface area contributed by atoms with Gasteiger partial charge in [0.05, 0.1) is 6.61 Å². The van der Waals surface area contributed by atoms with E-state index in [1.807, 2.05) is 50.2 Å². The molecule has 0 radical (unpaired) electrons. The van der Waals surface area contributed by atoms with E-state index in [9.17, 15) is 9.59 Å². The first-order valence-corrected chi connectivity index (χ1v) is 12.4. The van der Waals surface area contributed by atoms with Crippen LogP contribution in [0, 0.1) is 6.92 Å². The van der Waals surface area contributed by atoms with E-state index in [-0.39, 0.29) is 11.8 Å². The lowest BCUT2D eigenvalue weighted by Crippen LogP contribution is -2.43. The first kappa shape index (κ1) is 25.4. The summed E-state index contributed by atoms with van der Waals surface area (Å²) in [6, 6.07) is 20.3. The number of carbonyl (C=O) groups is 2. The SMILES string of the molecule is CCOc1cccc(C(=O)Nc2ccc(C)c(NC(=O)c3cccc(CN4CCN(C)CC4)c3)c2)c1. The van der Waals surface area contributed by atoms with Gasteiger partial charge in [-0.3, -0.25) is 14.5 Å². The maximum atomic E-state index is 13.1. The van der Waals surface area contributed by atoms with Crippen LogP contribution in [0.1, 0.15) is 38.8 Å². The molecule has 1 fully saturated rings. The minimum atomic E-state index is -0.241. The number of anilines is 2. The summed E-state index contributed by atoms with van der Waals surface area (Å²) in [4.78, 5) is 30.6. The molecule has 2 amide bonds. The first-order chi connectivity index (χ1) is 17.4. The van der Waals surface area contributed by atoms with Gasteiger partial charge < -0.3 is 20.3 Å². The lowest BCUT2D eigenvalue weighted by molar-refractivity contribution is 0.101. The Kier molecular flexibility index (Phi) is 8.36. The summed E-state index contributed by atoms with van der Waals surface area (Å²) < 4.78 is 5.49. The highest BCUT2D eigenvalue weighted by atomic mass is 16.5. The van der Waals surface area contributed by atoms with Crippen LogP contribution in [0.2, 0.25) is 0 Å². The van der Waals surface area contributed by atoms with Crippen LogP contribution in [0.25, 0.3) is 0 Å². The Balaban J connectivity index is 1.42. The molecule has 188 valence electrons.